The SMILES string of the molecule is COc1cccc(-c2ccc3c(c2)OCCC2(CCN(Cc4ccccc4OC)CC2)NC(=O)[C@@H]2C[C@@H](O)CN2S3(=O)=O)c1. The standard InChI is InChI=1S/C33H39N3O7S/c1-41-27-8-5-7-23(18-27)24-10-11-31-30(19-24)43-17-14-33(34-32(38)28-20-26(37)22-36(28)44(31,39)40)12-15-35(16-13-33)21-25-6-3-4-9-29(25)42-2/h3-11,18-19,26,28,37H,12-17,20-22H2,1-2H3,(H,34,38)/t26-,28+/m1/s1. The van der Waals surface area contributed by atoms with Crippen molar-refractivity contribution in [2.75, 3.05) is 40.5 Å². The number of rotatable bonds is 5. The van der Waals surface area contributed by atoms with Crippen LogP contribution in [0.2, 0.25) is 0 Å². The molecule has 0 unspecified atom stereocenters. The van der Waals surface area contributed by atoms with E-state index in [0.717, 1.165) is 46.4 Å². The first-order valence-corrected chi connectivity index (χ1v) is 16.4. The predicted octanol–water partition coefficient (Wildman–Crippen LogP) is 3.43. The van der Waals surface area contributed by atoms with Crippen molar-refractivity contribution >= 4 is 15.9 Å². The molecule has 3 aromatic carbocycles. The first-order valence-electron chi connectivity index (χ1n) is 15.0. The number of methoxy groups -OCH3 is 2. The summed E-state index contributed by atoms with van der Waals surface area (Å²) in [6, 6.07) is 19.5. The highest BCUT2D eigenvalue weighted by Crippen LogP contribution is 2.38. The summed E-state index contributed by atoms with van der Waals surface area (Å²) in [6.45, 7) is 2.28. The second kappa shape index (κ2) is 12.4. The van der Waals surface area contributed by atoms with Crippen molar-refractivity contribution in [1.82, 2.24) is 14.5 Å². The zero-order chi connectivity index (χ0) is 30.9. The molecule has 0 bridgehead atoms. The van der Waals surface area contributed by atoms with Gasteiger partial charge in [-0.3, -0.25) is 9.69 Å². The van der Waals surface area contributed by atoms with Crippen molar-refractivity contribution in [3.8, 4) is 28.4 Å². The molecule has 2 N–H and O–H groups in total. The Morgan fingerprint density at radius 1 is 0.977 bits per heavy atom. The van der Waals surface area contributed by atoms with E-state index in [9.17, 15) is 18.3 Å². The number of aliphatic hydroxyl groups is 1. The van der Waals surface area contributed by atoms with E-state index in [-0.39, 0.29) is 36.1 Å². The van der Waals surface area contributed by atoms with Crippen LogP contribution >= 0.6 is 0 Å². The largest absolute Gasteiger partial charge is 0.497 e. The van der Waals surface area contributed by atoms with Crippen molar-refractivity contribution in [3.05, 3.63) is 72.3 Å². The van der Waals surface area contributed by atoms with Crippen LogP contribution in [-0.4, -0.2) is 86.8 Å². The quantitative estimate of drug-likeness (QED) is 0.445. The van der Waals surface area contributed by atoms with Gasteiger partial charge in [-0.1, -0.05) is 36.4 Å². The summed E-state index contributed by atoms with van der Waals surface area (Å²) in [5, 5.41) is 13.8. The molecule has 0 radical (unpaired) electrons. The van der Waals surface area contributed by atoms with Gasteiger partial charge >= 0.3 is 0 Å². The molecule has 234 valence electrons. The number of sulfonamides is 1. The third-order valence-corrected chi connectivity index (χ3v) is 11.0. The number of ether oxygens (including phenoxy) is 3. The summed E-state index contributed by atoms with van der Waals surface area (Å²) in [6.07, 6.45) is 0.965. The number of hydrogen-bond donors (Lipinski definition) is 2. The number of hydrogen-bond acceptors (Lipinski definition) is 8. The Morgan fingerprint density at radius 3 is 2.52 bits per heavy atom. The molecule has 3 aromatic rings. The van der Waals surface area contributed by atoms with Gasteiger partial charge in [-0.15, -0.1) is 0 Å². The van der Waals surface area contributed by atoms with Crippen LogP contribution in [0.15, 0.2) is 71.6 Å². The molecular formula is C33H39N3O7S. The van der Waals surface area contributed by atoms with Gasteiger partial charge in [0.25, 0.3) is 0 Å². The molecular weight excluding hydrogens is 582 g/mol. The highest BCUT2D eigenvalue weighted by atomic mass is 32.2. The zero-order valence-corrected chi connectivity index (χ0v) is 25.9. The molecule has 10 nitrogen and oxygen atoms in total. The number of para-hydroxylation sites is 1. The fraction of sp³-hybridized carbons (Fsp3) is 0.424. The number of amides is 1. The van der Waals surface area contributed by atoms with Crippen LogP contribution in [0, 0.1) is 0 Å². The van der Waals surface area contributed by atoms with Crippen LogP contribution in [0.25, 0.3) is 11.1 Å². The molecule has 1 spiro atoms. The van der Waals surface area contributed by atoms with Gasteiger partial charge < -0.3 is 24.6 Å². The zero-order valence-electron chi connectivity index (χ0n) is 25.1. The van der Waals surface area contributed by atoms with E-state index in [2.05, 4.69) is 16.3 Å². The monoisotopic (exact) mass is 621 g/mol. The third kappa shape index (κ3) is 6.01. The van der Waals surface area contributed by atoms with E-state index >= 15 is 0 Å². The van der Waals surface area contributed by atoms with Gasteiger partial charge in [0.15, 0.2) is 0 Å². The molecule has 3 aliphatic heterocycles. The van der Waals surface area contributed by atoms with Crippen molar-refractivity contribution in [1.29, 1.82) is 0 Å². The highest BCUT2D eigenvalue weighted by Gasteiger charge is 2.47. The summed E-state index contributed by atoms with van der Waals surface area (Å²) >= 11 is 0. The van der Waals surface area contributed by atoms with Gasteiger partial charge in [0.05, 0.1) is 26.9 Å². The minimum Gasteiger partial charge on any atom is -0.497 e. The lowest BCUT2D eigenvalue weighted by Gasteiger charge is -2.43. The molecule has 6 rings (SSSR count). The summed E-state index contributed by atoms with van der Waals surface area (Å²) in [5.41, 5.74) is 2.16. The lowest BCUT2D eigenvalue weighted by atomic mass is 9.84. The Balaban J connectivity index is 1.30. The fourth-order valence-electron chi connectivity index (χ4n) is 6.58. The van der Waals surface area contributed by atoms with Gasteiger partial charge in [0.2, 0.25) is 15.9 Å². The second-order valence-corrected chi connectivity index (χ2v) is 13.7. The molecule has 3 aliphatic rings. The molecule has 0 aromatic heterocycles. The van der Waals surface area contributed by atoms with Crippen molar-refractivity contribution in [2.45, 2.75) is 54.8 Å². The van der Waals surface area contributed by atoms with Gasteiger partial charge in [0, 0.05) is 50.1 Å². The van der Waals surface area contributed by atoms with Gasteiger partial charge in [-0.05, 0) is 54.3 Å². The molecule has 44 heavy (non-hydrogen) atoms. The molecule has 2 fully saturated rings. The lowest BCUT2D eigenvalue weighted by molar-refractivity contribution is -0.127. The number of carbonyl (C=O) groups excluding carboxylic acids is 1. The summed E-state index contributed by atoms with van der Waals surface area (Å²) < 4.78 is 46.4. The summed E-state index contributed by atoms with van der Waals surface area (Å²) in [5.74, 6) is 1.38. The number of likely N-dealkylation sites (tertiary alicyclic amines) is 1. The van der Waals surface area contributed by atoms with Crippen LogP contribution in [0.4, 0.5) is 0 Å². The smallest absolute Gasteiger partial charge is 0.247 e. The molecule has 3 heterocycles. The van der Waals surface area contributed by atoms with Crippen LogP contribution in [-0.2, 0) is 21.4 Å². The minimum absolute atomic E-state index is 0.0152. The van der Waals surface area contributed by atoms with E-state index in [4.69, 9.17) is 14.2 Å². The molecule has 11 heteroatoms. The van der Waals surface area contributed by atoms with E-state index in [1.807, 2.05) is 42.5 Å². The van der Waals surface area contributed by atoms with Crippen molar-refractivity contribution < 1.29 is 32.5 Å². The Labute approximate surface area is 258 Å². The number of benzene rings is 3. The topological polar surface area (TPSA) is 118 Å². The first-order chi connectivity index (χ1) is 21.2. The highest BCUT2D eigenvalue weighted by molar-refractivity contribution is 7.89. The Bertz CT molecular complexity index is 1620. The Hall–Kier alpha value is -3.64. The Kier molecular flexibility index (Phi) is 8.56. The molecule has 0 saturated carbocycles. The van der Waals surface area contributed by atoms with Crippen LogP contribution in [0.5, 0.6) is 17.2 Å². The predicted molar refractivity (Wildman–Crippen MR) is 165 cm³/mol. The molecule has 2 saturated heterocycles. The van der Waals surface area contributed by atoms with Gasteiger partial charge in [-0.25, -0.2) is 8.42 Å². The first kappa shape index (κ1) is 30.4. The lowest BCUT2D eigenvalue weighted by Crippen LogP contribution is -2.59. The number of aliphatic hydroxyl groups excluding tert-OH is 1. The van der Waals surface area contributed by atoms with E-state index in [1.165, 1.54) is 6.07 Å². The third-order valence-electron chi connectivity index (χ3n) is 9.10. The average Bonchev–Trinajstić information content (AvgIpc) is 3.44. The summed E-state index contributed by atoms with van der Waals surface area (Å²) in [7, 11) is -0.895. The minimum atomic E-state index is -4.16. The van der Waals surface area contributed by atoms with Gasteiger partial charge in [0.1, 0.15) is 28.2 Å². The number of fused-ring (bicyclic) bond motifs is 2. The van der Waals surface area contributed by atoms with Crippen LogP contribution in [0.3, 0.4) is 0 Å². The van der Waals surface area contributed by atoms with Crippen LogP contribution < -0.4 is 19.5 Å². The number of nitrogens with one attached hydrogen (secondary N) is 1. The average molecular weight is 622 g/mol. The number of nitrogens with zero attached hydrogens (tertiary/aromatic N) is 2. The van der Waals surface area contributed by atoms with E-state index in [0.29, 0.717) is 25.0 Å². The van der Waals surface area contributed by atoms with Crippen molar-refractivity contribution in [3.63, 3.8) is 0 Å². The molecule has 1 amide bonds. The maximum atomic E-state index is 14.0. The van der Waals surface area contributed by atoms with Gasteiger partial charge in [-0.2, -0.15) is 4.31 Å². The van der Waals surface area contributed by atoms with E-state index < -0.39 is 27.7 Å². The molecule has 0 aliphatic carbocycles. The summed E-state index contributed by atoms with van der Waals surface area (Å²) in [4.78, 5) is 16.1. The van der Waals surface area contributed by atoms with Crippen LogP contribution in [0.1, 0.15) is 31.2 Å². The Morgan fingerprint density at radius 2 is 1.75 bits per heavy atom. The number of piperidine rings is 1. The van der Waals surface area contributed by atoms with Crippen molar-refractivity contribution in [2.24, 2.45) is 0 Å². The van der Waals surface area contributed by atoms with E-state index in [1.54, 1.807) is 26.4 Å². The number of carbonyl (C=O) groups is 1. The maximum absolute atomic E-state index is 14.0. The fourth-order valence-corrected chi connectivity index (χ4v) is 8.33. The second-order valence-electron chi connectivity index (χ2n) is 11.8. The maximum Gasteiger partial charge on any atom is 0.247 e. The normalized spacial score (nSPS) is 23.5. The molecule has 2 atom stereocenters.